The fraction of sp³-hybridized carbons (Fsp3) is 0.300. The van der Waals surface area contributed by atoms with E-state index in [1.54, 1.807) is 12.1 Å². The minimum atomic E-state index is -0.339. The van der Waals surface area contributed by atoms with Crippen LogP contribution in [0.2, 0.25) is 5.02 Å². The van der Waals surface area contributed by atoms with E-state index in [2.05, 4.69) is 0 Å². The van der Waals surface area contributed by atoms with Gasteiger partial charge in [-0.15, -0.1) is 0 Å². The number of nitrogens with two attached hydrogens (primary N) is 1. The van der Waals surface area contributed by atoms with Crippen molar-refractivity contribution in [2.45, 2.75) is 6.42 Å². The van der Waals surface area contributed by atoms with Crippen molar-refractivity contribution in [2.24, 2.45) is 5.73 Å². The Morgan fingerprint density at radius 1 is 1.53 bits per heavy atom. The smallest absolute Gasteiger partial charge is 0.127 e. The van der Waals surface area contributed by atoms with Gasteiger partial charge in [0.25, 0.3) is 0 Å². The van der Waals surface area contributed by atoms with Gasteiger partial charge in [0.15, 0.2) is 0 Å². The molecule has 0 spiro atoms. The summed E-state index contributed by atoms with van der Waals surface area (Å²) in [7, 11) is 0. The largest absolute Gasteiger partial charge is 0.386 e. The molecule has 3 N–H and O–H groups in total. The molecule has 82 valence electrons. The maximum Gasteiger partial charge on any atom is 0.127 e. The summed E-state index contributed by atoms with van der Waals surface area (Å²) in [5, 5.41) is 7.30. The van der Waals surface area contributed by atoms with E-state index < -0.39 is 0 Å². The van der Waals surface area contributed by atoms with E-state index in [1.165, 1.54) is 6.07 Å². The molecule has 15 heavy (non-hydrogen) atoms. The molecule has 0 aliphatic carbocycles. The van der Waals surface area contributed by atoms with E-state index in [9.17, 15) is 4.39 Å². The predicted octanol–water partition coefficient (Wildman–Crippen LogP) is 1.97. The number of amidine groups is 1. The first kappa shape index (κ1) is 11.9. The summed E-state index contributed by atoms with van der Waals surface area (Å²) < 4.78 is 18.3. The first-order chi connectivity index (χ1) is 7.11. The van der Waals surface area contributed by atoms with Crippen molar-refractivity contribution < 1.29 is 9.13 Å². The van der Waals surface area contributed by atoms with Gasteiger partial charge in [0.2, 0.25) is 0 Å². The zero-order valence-corrected chi connectivity index (χ0v) is 8.85. The number of halogens is 2. The summed E-state index contributed by atoms with van der Waals surface area (Å²) >= 11 is 5.81. The maximum atomic E-state index is 13.2. The molecule has 0 fully saturated rings. The molecule has 1 rings (SSSR count). The highest BCUT2D eigenvalue weighted by atomic mass is 35.5. The molecule has 0 bridgehead atoms. The van der Waals surface area contributed by atoms with Gasteiger partial charge in [0.05, 0.1) is 6.61 Å². The van der Waals surface area contributed by atoms with Crippen LogP contribution in [0.15, 0.2) is 18.2 Å². The Morgan fingerprint density at radius 2 is 2.27 bits per heavy atom. The number of hydrogen-bond donors (Lipinski definition) is 2. The summed E-state index contributed by atoms with van der Waals surface area (Å²) in [5.74, 6) is -0.386. The van der Waals surface area contributed by atoms with Gasteiger partial charge < -0.3 is 10.5 Å². The standard InChI is InChI=1S/C10H12ClFN2O/c11-8-2-1-3-9(12)7(8)4-5-15-6-10(13)14/h1-3H,4-6H2,(H3,13,14). The number of ether oxygens (including phenoxy) is 1. The molecule has 0 aromatic heterocycles. The van der Waals surface area contributed by atoms with Gasteiger partial charge in [0.1, 0.15) is 18.3 Å². The van der Waals surface area contributed by atoms with Gasteiger partial charge >= 0.3 is 0 Å². The summed E-state index contributed by atoms with van der Waals surface area (Å²) in [4.78, 5) is 0. The molecule has 0 amide bonds. The molecule has 0 saturated carbocycles. The summed E-state index contributed by atoms with van der Waals surface area (Å²) in [6.45, 7) is 0.353. The summed E-state index contributed by atoms with van der Waals surface area (Å²) in [6.07, 6.45) is 0.374. The van der Waals surface area contributed by atoms with Crippen molar-refractivity contribution in [2.75, 3.05) is 13.2 Å². The van der Waals surface area contributed by atoms with Crippen molar-refractivity contribution in [3.05, 3.63) is 34.6 Å². The Kier molecular flexibility index (Phi) is 4.52. The third-order valence-electron chi connectivity index (χ3n) is 1.82. The van der Waals surface area contributed by atoms with Crippen LogP contribution in [-0.4, -0.2) is 19.0 Å². The maximum absolute atomic E-state index is 13.2. The molecule has 0 unspecified atom stereocenters. The highest BCUT2D eigenvalue weighted by molar-refractivity contribution is 6.31. The Morgan fingerprint density at radius 3 is 2.87 bits per heavy atom. The van der Waals surface area contributed by atoms with Gasteiger partial charge in [-0.3, -0.25) is 5.41 Å². The second kappa shape index (κ2) is 5.68. The van der Waals surface area contributed by atoms with Gasteiger partial charge in [-0.05, 0) is 12.1 Å². The molecule has 1 aromatic carbocycles. The van der Waals surface area contributed by atoms with E-state index in [-0.39, 0.29) is 18.3 Å². The van der Waals surface area contributed by atoms with Crippen LogP contribution in [0.1, 0.15) is 5.56 Å². The van der Waals surface area contributed by atoms with Crippen LogP contribution < -0.4 is 5.73 Å². The molecular formula is C10H12ClFN2O. The van der Waals surface area contributed by atoms with Crippen molar-refractivity contribution in [3.63, 3.8) is 0 Å². The van der Waals surface area contributed by atoms with E-state index >= 15 is 0 Å². The molecule has 0 atom stereocenters. The lowest BCUT2D eigenvalue weighted by molar-refractivity contribution is 0.173. The molecule has 3 nitrogen and oxygen atoms in total. The lowest BCUT2D eigenvalue weighted by atomic mass is 10.1. The Balaban J connectivity index is 2.47. The number of rotatable bonds is 5. The lowest BCUT2D eigenvalue weighted by Gasteiger charge is -2.06. The molecule has 0 radical (unpaired) electrons. The SMILES string of the molecule is N=C(N)COCCc1c(F)cccc1Cl. The zero-order valence-electron chi connectivity index (χ0n) is 8.09. The van der Waals surface area contributed by atoms with E-state index in [0.29, 0.717) is 23.6 Å². The Bertz CT molecular complexity index is 337. The van der Waals surface area contributed by atoms with Crippen molar-refractivity contribution in [1.29, 1.82) is 5.41 Å². The van der Waals surface area contributed by atoms with Crippen LogP contribution in [0, 0.1) is 11.2 Å². The number of hydrogen-bond acceptors (Lipinski definition) is 2. The second-order valence-electron chi connectivity index (χ2n) is 3.03. The molecule has 0 aliphatic heterocycles. The normalized spacial score (nSPS) is 10.3. The van der Waals surface area contributed by atoms with Crippen LogP contribution in [0.3, 0.4) is 0 Å². The van der Waals surface area contributed by atoms with Crippen molar-refractivity contribution >= 4 is 17.4 Å². The van der Waals surface area contributed by atoms with Gasteiger partial charge in [0, 0.05) is 17.0 Å². The molecule has 5 heteroatoms. The van der Waals surface area contributed by atoms with E-state index in [1.807, 2.05) is 0 Å². The van der Waals surface area contributed by atoms with Crippen LogP contribution in [0.25, 0.3) is 0 Å². The fourth-order valence-electron chi connectivity index (χ4n) is 1.13. The van der Waals surface area contributed by atoms with Gasteiger partial charge in [-0.25, -0.2) is 4.39 Å². The third kappa shape index (κ3) is 3.85. The fourth-order valence-corrected chi connectivity index (χ4v) is 1.39. The van der Waals surface area contributed by atoms with E-state index in [0.717, 1.165) is 0 Å². The van der Waals surface area contributed by atoms with Crippen LogP contribution in [-0.2, 0) is 11.2 Å². The quantitative estimate of drug-likeness (QED) is 0.462. The molecule has 0 heterocycles. The predicted molar refractivity (Wildman–Crippen MR) is 57.8 cm³/mol. The second-order valence-corrected chi connectivity index (χ2v) is 3.44. The van der Waals surface area contributed by atoms with Crippen LogP contribution >= 0.6 is 11.6 Å². The topological polar surface area (TPSA) is 59.1 Å². The zero-order chi connectivity index (χ0) is 11.3. The molecule has 0 saturated heterocycles. The first-order valence-corrected chi connectivity index (χ1v) is 4.82. The molecule has 1 aromatic rings. The van der Waals surface area contributed by atoms with Gasteiger partial charge in [-0.1, -0.05) is 17.7 Å². The average Bonchev–Trinajstić information content (AvgIpc) is 2.15. The molecule has 0 aliphatic rings. The summed E-state index contributed by atoms with van der Waals surface area (Å²) in [6, 6.07) is 4.54. The van der Waals surface area contributed by atoms with Crippen LogP contribution in [0.4, 0.5) is 4.39 Å². The highest BCUT2D eigenvalue weighted by Crippen LogP contribution is 2.19. The minimum absolute atomic E-state index is 0.0466. The summed E-state index contributed by atoms with van der Waals surface area (Å²) in [5.41, 5.74) is 5.52. The minimum Gasteiger partial charge on any atom is -0.386 e. The lowest BCUT2D eigenvalue weighted by Crippen LogP contribution is -2.18. The number of benzene rings is 1. The Labute approximate surface area is 92.5 Å². The third-order valence-corrected chi connectivity index (χ3v) is 2.17. The average molecular weight is 231 g/mol. The monoisotopic (exact) mass is 230 g/mol. The van der Waals surface area contributed by atoms with Gasteiger partial charge in [-0.2, -0.15) is 0 Å². The first-order valence-electron chi connectivity index (χ1n) is 4.45. The molecular weight excluding hydrogens is 219 g/mol. The van der Waals surface area contributed by atoms with Crippen LogP contribution in [0.5, 0.6) is 0 Å². The Hall–Kier alpha value is -1.13. The highest BCUT2D eigenvalue weighted by Gasteiger charge is 2.06. The van der Waals surface area contributed by atoms with Crippen molar-refractivity contribution in [1.82, 2.24) is 0 Å². The van der Waals surface area contributed by atoms with E-state index in [4.69, 9.17) is 27.5 Å². The van der Waals surface area contributed by atoms with Crippen molar-refractivity contribution in [3.8, 4) is 0 Å². The number of nitrogens with one attached hydrogen (secondary N) is 1.